The maximum absolute atomic E-state index is 11.8. The van der Waals surface area contributed by atoms with Crippen molar-refractivity contribution in [3.63, 3.8) is 0 Å². The molecule has 9 heteroatoms. The Morgan fingerprint density at radius 1 is 1.43 bits per heavy atom. The van der Waals surface area contributed by atoms with Crippen molar-refractivity contribution < 1.29 is 13.2 Å². The summed E-state index contributed by atoms with van der Waals surface area (Å²) in [6.45, 7) is 0.00492. The molecule has 1 aromatic carbocycles. The van der Waals surface area contributed by atoms with Crippen LogP contribution in [0.5, 0.6) is 0 Å². The molecule has 2 rings (SSSR count). The van der Waals surface area contributed by atoms with Gasteiger partial charge in [-0.25, -0.2) is 13.4 Å². The van der Waals surface area contributed by atoms with Crippen molar-refractivity contribution in [2.24, 2.45) is 0 Å². The number of hydrogen-bond donors (Lipinski definition) is 2. The van der Waals surface area contributed by atoms with Crippen LogP contribution in [0.3, 0.4) is 0 Å². The van der Waals surface area contributed by atoms with Gasteiger partial charge in [-0.05, 0) is 18.2 Å². The lowest BCUT2D eigenvalue weighted by molar-refractivity contribution is -0.116. The Morgan fingerprint density at radius 2 is 2.19 bits per heavy atom. The fourth-order valence-corrected chi connectivity index (χ4v) is 2.30. The van der Waals surface area contributed by atoms with Crippen molar-refractivity contribution in [3.05, 3.63) is 41.8 Å². The largest absolute Gasteiger partial charge is 0.326 e. The van der Waals surface area contributed by atoms with Gasteiger partial charge in [0.25, 0.3) is 0 Å². The molecule has 0 saturated heterocycles. The Balaban J connectivity index is 1.97. The van der Waals surface area contributed by atoms with Gasteiger partial charge in [0, 0.05) is 16.9 Å². The molecule has 2 aromatic rings. The van der Waals surface area contributed by atoms with E-state index in [-0.39, 0.29) is 18.3 Å². The van der Waals surface area contributed by atoms with Crippen LogP contribution in [-0.2, 0) is 21.4 Å². The number of sulfonamides is 1. The molecule has 1 heterocycles. The molecule has 0 spiro atoms. The van der Waals surface area contributed by atoms with Crippen LogP contribution in [0.1, 0.15) is 0 Å². The number of amides is 1. The van der Waals surface area contributed by atoms with Gasteiger partial charge in [0.05, 0.1) is 12.6 Å². The minimum atomic E-state index is -3.39. The van der Waals surface area contributed by atoms with Crippen LogP contribution in [0.2, 0.25) is 5.02 Å². The van der Waals surface area contributed by atoms with Gasteiger partial charge in [-0.15, -0.1) is 0 Å². The van der Waals surface area contributed by atoms with Gasteiger partial charge in [-0.2, -0.15) is 0 Å². The highest BCUT2D eigenvalue weighted by molar-refractivity contribution is 7.92. The Kier molecular flexibility index (Phi) is 4.49. The molecule has 0 aliphatic rings. The molecule has 7 nitrogen and oxygen atoms in total. The zero-order chi connectivity index (χ0) is 15.5. The highest BCUT2D eigenvalue weighted by Gasteiger charge is 2.08. The third-order valence-electron chi connectivity index (χ3n) is 2.36. The standard InChI is InChI=1S/C12H13ClN4O3S/c1-21(19,20)16-11-6-17(8-14-11)7-12(18)15-10-4-2-3-9(13)5-10/h2-6,8,16H,7H2,1H3,(H,15,18). The highest BCUT2D eigenvalue weighted by atomic mass is 35.5. The van der Waals surface area contributed by atoms with Crippen LogP contribution in [0, 0.1) is 0 Å². The number of aromatic nitrogens is 2. The molecule has 0 bridgehead atoms. The molecule has 0 fully saturated rings. The lowest BCUT2D eigenvalue weighted by Crippen LogP contribution is -2.17. The van der Waals surface area contributed by atoms with Crippen molar-refractivity contribution >= 4 is 39.0 Å². The minimum Gasteiger partial charge on any atom is -0.326 e. The molecule has 1 aromatic heterocycles. The molecule has 1 amide bonds. The number of nitrogens with one attached hydrogen (secondary N) is 2. The Morgan fingerprint density at radius 3 is 2.86 bits per heavy atom. The number of nitrogens with zero attached hydrogens (tertiary/aromatic N) is 2. The molecule has 112 valence electrons. The number of hydrogen-bond acceptors (Lipinski definition) is 4. The summed E-state index contributed by atoms with van der Waals surface area (Å²) in [5, 5.41) is 3.20. The number of benzene rings is 1. The molecule has 0 unspecified atom stereocenters. The number of imidazole rings is 1. The average Bonchev–Trinajstić information content (AvgIpc) is 2.73. The van der Waals surface area contributed by atoms with E-state index in [2.05, 4.69) is 15.0 Å². The zero-order valence-corrected chi connectivity index (χ0v) is 12.6. The van der Waals surface area contributed by atoms with Crippen molar-refractivity contribution in [1.82, 2.24) is 9.55 Å². The lowest BCUT2D eigenvalue weighted by Gasteiger charge is -2.05. The summed E-state index contributed by atoms with van der Waals surface area (Å²) in [5.74, 6) is -0.117. The van der Waals surface area contributed by atoms with E-state index in [0.717, 1.165) is 6.26 Å². The van der Waals surface area contributed by atoms with Crippen molar-refractivity contribution in [2.75, 3.05) is 16.3 Å². The zero-order valence-electron chi connectivity index (χ0n) is 11.1. The first-order valence-electron chi connectivity index (χ1n) is 5.87. The van der Waals surface area contributed by atoms with E-state index in [1.165, 1.54) is 17.1 Å². The molecule has 0 saturated carbocycles. The first-order valence-corrected chi connectivity index (χ1v) is 8.14. The summed E-state index contributed by atoms with van der Waals surface area (Å²) in [7, 11) is -3.39. The second kappa shape index (κ2) is 6.15. The van der Waals surface area contributed by atoms with Crippen LogP contribution in [-0.4, -0.2) is 30.1 Å². The van der Waals surface area contributed by atoms with E-state index in [0.29, 0.717) is 10.7 Å². The summed E-state index contributed by atoms with van der Waals surface area (Å²) in [6, 6.07) is 6.78. The molecule has 0 aliphatic heterocycles. The monoisotopic (exact) mass is 328 g/mol. The normalized spacial score (nSPS) is 11.1. The maximum atomic E-state index is 11.8. The SMILES string of the molecule is CS(=O)(=O)Nc1cn(CC(=O)Nc2cccc(Cl)c2)cn1. The van der Waals surface area contributed by atoms with E-state index in [4.69, 9.17) is 11.6 Å². The first kappa shape index (κ1) is 15.3. The van der Waals surface area contributed by atoms with E-state index >= 15 is 0 Å². The summed E-state index contributed by atoms with van der Waals surface area (Å²) in [6.07, 6.45) is 3.82. The fraction of sp³-hybridized carbons (Fsp3) is 0.167. The molecule has 0 aliphatic carbocycles. The van der Waals surface area contributed by atoms with Crippen molar-refractivity contribution in [1.29, 1.82) is 0 Å². The molecule has 0 atom stereocenters. The van der Waals surface area contributed by atoms with Gasteiger partial charge in [0.15, 0.2) is 5.82 Å². The van der Waals surface area contributed by atoms with Gasteiger partial charge in [-0.3, -0.25) is 9.52 Å². The van der Waals surface area contributed by atoms with Crippen LogP contribution in [0.25, 0.3) is 0 Å². The fourth-order valence-electron chi connectivity index (χ4n) is 1.62. The van der Waals surface area contributed by atoms with Crippen LogP contribution in [0.15, 0.2) is 36.8 Å². The molecule has 0 radical (unpaired) electrons. The van der Waals surface area contributed by atoms with Crippen LogP contribution in [0.4, 0.5) is 11.5 Å². The van der Waals surface area contributed by atoms with Gasteiger partial charge < -0.3 is 9.88 Å². The first-order chi connectivity index (χ1) is 9.82. The maximum Gasteiger partial charge on any atom is 0.244 e. The third-order valence-corrected chi connectivity index (χ3v) is 3.17. The van der Waals surface area contributed by atoms with Gasteiger partial charge >= 0.3 is 0 Å². The van der Waals surface area contributed by atoms with Crippen molar-refractivity contribution in [3.8, 4) is 0 Å². The predicted octanol–water partition coefficient (Wildman–Crippen LogP) is 1.55. The Hall–Kier alpha value is -2.06. The van der Waals surface area contributed by atoms with Gasteiger partial charge in [0.2, 0.25) is 15.9 Å². The third kappa shape index (κ3) is 5.09. The number of rotatable bonds is 5. The Labute approximate surface area is 127 Å². The van der Waals surface area contributed by atoms with E-state index < -0.39 is 10.0 Å². The number of carbonyl (C=O) groups excluding carboxylic acids is 1. The van der Waals surface area contributed by atoms with Gasteiger partial charge in [0.1, 0.15) is 6.54 Å². The quantitative estimate of drug-likeness (QED) is 0.870. The Bertz CT molecular complexity index is 757. The topological polar surface area (TPSA) is 93.1 Å². The molecule has 2 N–H and O–H groups in total. The number of carbonyl (C=O) groups is 1. The second-order valence-corrected chi connectivity index (χ2v) is 6.55. The second-order valence-electron chi connectivity index (χ2n) is 4.36. The smallest absolute Gasteiger partial charge is 0.244 e. The molecular formula is C12H13ClN4O3S. The molecule has 21 heavy (non-hydrogen) atoms. The predicted molar refractivity (Wildman–Crippen MR) is 80.8 cm³/mol. The summed E-state index contributed by atoms with van der Waals surface area (Å²) in [5.41, 5.74) is 0.585. The summed E-state index contributed by atoms with van der Waals surface area (Å²) < 4.78 is 25.8. The van der Waals surface area contributed by atoms with Crippen LogP contribution < -0.4 is 10.0 Å². The van der Waals surface area contributed by atoms with Crippen LogP contribution >= 0.6 is 11.6 Å². The molecular weight excluding hydrogens is 316 g/mol. The van der Waals surface area contributed by atoms with Gasteiger partial charge in [-0.1, -0.05) is 17.7 Å². The summed E-state index contributed by atoms with van der Waals surface area (Å²) >= 11 is 5.82. The average molecular weight is 329 g/mol. The summed E-state index contributed by atoms with van der Waals surface area (Å²) in [4.78, 5) is 15.7. The lowest BCUT2D eigenvalue weighted by atomic mass is 10.3. The highest BCUT2D eigenvalue weighted by Crippen LogP contribution is 2.15. The number of anilines is 2. The minimum absolute atomic E-state index is 0.00492. The van der Waals surface area contributed by atoms with E-state index in [1.807, 2.05) is 0 Å². The number of halogens is 1. The van der Waals surface area contributed by atoms with Crippen molar-refractivity contribution in [2.45, 2.75) is 6.54 Å². The van der Waals surface area contributed by atoms with E-state index in [9.17, 15) is 13.2 Å². The van der Waals surface area contributed by atoms with E-state index in [1.54, 1.807) is 24.3 Å².